The lowest BCUT2D eigenvalue weighted by Crippen LogP contribution is -2.30. The molecular weight excluding hydrogens is 396 g/mol. The molecule has 2 aromatic rings. The van der Waals surface area contributed by atoms with Gasteiger partial charge in [-0.1, -0.05) is 6.07 Å². The number of carbonyl (C=O) groups is 2. The summed E-state index contributed by atoms with van der Waals surface area (Å²) in [6, 6.07) is 8.77. The second kappa shape index (κ2) is 7.67. The number of thiophene rings is 1. The SMILES string of the molecule is O=C(CCS(=O)(=O)c1ccc2c(c1)CCN2C(=O)C1CC1)NCc1cccs1. The molecule has 2 aliphatic rings. The maximum absolute atomic E-state index is 12.6. The van der Waals surface area contributed by atoms with E-state index in [1.165, 1.54) is 0 Å². The van der Waals surface area contributed by atoms with Crippen LogP contribution in [0.25, 0.3) is 0 Å². The van der Waals surface area contributed by atoms with E-state index in [9.17, 15) is 18.0 Å². The Kier molecular flexibility index (Phi) is 5.25. The van der Waals surface area contributed by atoms with Crippen LogP contribution in [0.2, 0.25) is 0 Å². The number of benzene rings is 1. The number of fused-ring (bicyclic) bond motifs is 1. The van der Waals surface area contributed by atoms with Crippen molar-refractivity contribution < 1.29 is 18.0 Å². The molecule has 1 aromatic carbocycles. The number of anilines is 1. The van der Waals surface area contributed by atoms with E-state index in [0.717, 1.165) is 29.0 Å². The number of carbonyl (C=O) groups excluding carboxylic acids is 2. The first-order valence-electron chi connectivity index (χ1n) is 9.40. The van der Waals surface area contributed by atoms with Crippen LogP contribution in [0.5, 0.6) is 0 Å². The highest BCUT2D eigenvalue weighted by Crippen LogP contribution is 2.37. The molecule has 1 aromatic heterocycles. The van der Waals surface area contributed by atoms with Gasteiger partial charge in [0.25, 0.3) is 0 Å². The van der Waals surface area contributed by atoms with Gasteiger partial charge in [-0.25, -0.2) is 8.42 Å². The first kappa shape index (κ1) is 19.1. The van der Waals surface area contributed by atoms with Crippen molar-refractivity contribution in [3.05, 3.63) is 46.2 Å². The molecule has 28 heavy (non-hydrogen) atoms. The Labute approximate surface area is 168 Å². The van der Waals surface area contributed by atoms with Crippen molar-refractivity contribution in [2.45, 2.75) is 37.1 Å². The molecule has 2 amide bonds. The van der Waals surface area contributed by atoms with Gasteiger partial charge >= 0.3 is 0 Å². The molecule has 1 aliphatic heterocycles. The molecule has 0 unspecified atom stereocenters. The zero-order valence-electron chi connectivity index (χ0n) is 15.4. The zero-order chi connectivity index (χ0) is 19.7. The summed E-state index contributed by atoms with van der Waals surface area (Å²) in [4.78, 5) is 27.3. The minimum Gasteiger partial charge on any atom is -0.351 e. The molecule has 8 heteroatoms. The quantitative estimate of drug-likeness (QED) is 0.749. The van der Waals surface area contributed by atoms with Crippen LogP contribution in [0, 0.1) is 5.92 Å². The number of rotatable bonds is 7. The van der Waals surface area contributed by atoms with Gasteiger partial charge in [0, 0.05) is 29.4 Å². The molecule has 1 aliphatic carbocycles. The van der Waals surface area contributed by atoms with Crippen LogP contribution in [0.4, 0.5) is 5.69 Å². The lowest BCUT2D eigenvalue weighted by atomic mass is 10.2. The van der Waals surface area contributed by atoms with E-state index >= 15 is 0 Å². The Balaban J connectivity index is 1.38. The largest absolute Gasteiger partial charge is 0.351 e. The third-order valence-electron chi connectivity index (χ3n) is 5.14. The number of amides is 2. The summed E-state index contributed by atoms with van der Waals surface area (Å²) in [6.07, 6.45) is 2.49. The zero-order valence-corrected chi connectivity index (χ0v) is 17.0. The molecule has 6 nitrogen and oxygen atoms in total. The molecular formula is C20H22N2O4S2. The summed E-state index contributed by atoms with van der Waals surface area (Å²) in [6.45, 7) is 1.03. The van der Waals surface area contributed by atoms with Crippen molar-refractivity contribution in [3.63, 3.8) is 0 Å². The monoisotopic (exact) mass is 418 g/mol. The van der Waals surface area contributed by atoms with Crippen LogP contribution < -0.4 is 10.2 Å². The topological polar surface area (TPSA) is 83.6 Å². The van der Waals surface area contributed by atoms with Crippen molar-refractivity contribution in [2.24, 2.45) is 5.92 Å². The van der Waals surface area contributed by atoms with Crippen LogP contribution >= 0.6 is 11.3 Å². The van der Waals surface area contributed by atoms with E-state index in [1.807, 2.05) is 17.5 Å². The summed E-state index contributed by atoms with van der Waals surface area (Å²) < 4.78 is 25.3. The highest BCUT2D eigenvalue weighted by molar-refractivity contribution is 7.91. The van der Waals surface area contributed by atoms with Gasteiger partial charge in [-0.05, 0) is 54.5 Å². The number of nitrogens with one attached hydrogen (secondary N) is 1. The standard InChI is InChI=1S/C20H22N2O4S2/c23-19(21-13-16-2-1-10-27-16)8-11-28(25,26)17-5-6-18-15(12-17)7-9-22(18)20(24)14-3-4-14/h1-2,5-6,10,12,14H,3-4,7-9,11,13H2,(H,21,23). The normalized spacial score (nSPS) is 16.1. The van der Waals surface area contributed by atoms with Crippen LogP contribution in [0.1, 0.15) is 29.7 Å². The Morgan fingerprint density at radius 3 is 2.75 bits per heavy atom. The fourth-order valence-corrected chi connectivity index (χ4v) is 5.31. The minimum atomic E-state index is -3.55. The molecule has 0 bridgehead atoms. The van der Waals surface area contributed by atoms with Crippen molar-refractivity contribution in [1.29, 1.82) is 0 Å². The van der Waals surface area contributed by atoms with E-state index in [4.69, 9.17) is 0 Å². The molecule has 1 saturated carbocycles. The van der Waals surface area contributed by atoms with Crippen molar-refractivity contribution >= 4 is 38.7 Å². The van der Waals surface area contributed by atoms with Gasteiger partial charge in [-0.2, -0.15) is 0 Å². The fourth-order valence-electron chi connectivity index (χ4n) is 3.38. The number of nitrogens with zero attached hydrogens (tertiary/aromatic N) is 1. The van der Waals surface area contributed by atoms with Crippen LogP contribution in [0.3, 0.4) is 0 Å². The van der Waals surface area contributed by atoms with E-state index in [2.05, 4.69) is 5.32 Å². The van der Waals surface area contributed by atoms with Gasteiger partial charge in [0.2, 0.25) is 11.8 Å². The van der Waals surface area contributed by atoms with Crippen molar-refractivity contribution in [2.75, 3.05) is 17.2 Å². The van der Waals surface area contributed by atoms with Crippen LogP contribution in [0.15, 0.2) is 40.6 Å². The molecule has 1 N–H and O–H groups in total. The summed E-state index contributed by atoms with van der Waals surface area (Å²) in [5.74, 6) is -0.217. The Morgan fingerprint density at radius 2 is 2.04 bits per heavy atom. The Hall–Kier alpha value is -2.19. The minimum absolute atomic E-state index is 0.0723. The van der Waals surface area contributed by atoms with Gasteiger partial charge in [-0.15, -0.1) is 11.3 Å². The molecule has 0 radical (unpaired) electrons. The fraction of sp³-hybridized carbons (Fsp3) is 0.400. The maximum atomic E-state index is 12.6. The summed E-state index contributed by atoms with van der Waals surface area (Å²) >= 11 is 1.54. The van der Waals surface area contributed by atoms with Crippen LogP contribution in [-0.2, 0) is 32.4 Å². The molecule has 0 atom stereocenters. The lowest BCUT2D eigenvalue weighted by Gasteiger charge is -2.17. The molecule has 0 saturated heterocycles. The molecule has 4 rings (SSSR count). The van der Waals surface area contributed by atoms with E-state index < -0.39 is 9.84 Å². The number of hydrogen-bond donors (Lipinski definition) is 1. The number of sulfone groups is 1. The third-order valence-corrected chi connectivity index (χ3v) is 7.73. The third kappa shape index (κ3) is 4.12. The highest BCUT2D eigenvalue weighted by Gasteiger charge is 2.36. The lowest BCUT2D eigenvalue weighted by molar-refractivity contribution is -0.121. The van der Waals surface area contributed by atoms with E-state index in [-0.39, 0.29) is 34.8 Å². The van der Waals surface area contributed by atoms with Crippen LogP contribution in [-0.4, -0.2) is 32.5 Å². The van der Waals surface area contributed by atoms with Gasteiger partial charge in [0.05, 0.1) is 17.2 Å². The molecule has 1 fully saturated rings. The molecule has 0 spiro atoms. The maximum Gasteiger partial charge on any atom is 0.230 e. The highest BCUT2D eigenvalue weighted by atomic mass is 32.2. The Morgan fingerprint density at radius 1 is 1.21 bits per heavy atom. The number of hydrogen-bond acceptors (Lipinski definition) is 5. The average Bonchev–Trinajstić information content (AvgIpc) is 3.24. The first-order chi connectivity index (χ1) is 13.4. The van der Waals surface area contributed by atoms with Gasteiger partial charge < -0.3 is 10.2 Å². The smallest absolute Gasteiger partial charge is 0.230 e. The van der Waals surface area contributed by atoms with Crippen molar-refractivity contribution in [3.8, 4) is 0 Å². The van der Waals surface area contributed by atoms with Gasteiger partial charge in [0.15, 0.2) is 9.84 Å². The van der Waals surface area contributed by atoms with E-state index in [1.54, 1.807) is 34.4 Å². The van der Waals surface area contributed by atoms with Gasteiger partial charge in [0.1, 0.15) is 0 Å². The first-order valence-corrected chi connectivity index (χ1v) is 11.9. The average molecular weight is 419 g/mol. The van der Waals surface area contributed by atoms with Gasteiger partial charge in [-0.3, -0.25) is 9.59 Å². The molecule has 2 heterocycles. The predicted octanol–water partition coefficient (Wildman–Crippen LogP) is 2.53. The molecule has 148 valence electrons. The summed E-state index contributed by atoms with van der Waals surface area (Å²) in [7, 11) is -3.55. The van der Waals surface area contributed by atoms with E-state index in [0.29, 0.717) is 19.5 Å². The van der Waals surface area contributed by atoms with Crippen molar-refractivity contribution in [1.82, 2.24) is 5.32 Å². The summed E-state index contributed by atoms with van der Waals surface area (Å²) in [5, 5.41) is 4.68. The second-order valence-electron chi connectivity index (χ2n) is 7.23. The summed E-state index contributed by atoms with van der Waals surface area (Å²) in [5.41, 5.74) is 1.71. The Bertz CT molecular complexity index is 995. The predicted molar refractivity (Wildman–Crippen MR) is 108 cm³/mol. The second-order valence-corrected chi connectivity index (χ2v) is 10.4.